The summed E-state index contributed by atoms with van der Waals surface area (Å²) in [7, 11) is 0. The first-order valence-corrected chi connectivity index (χ1v) is 13.6. The quantitative estimate of drug-likeness (QED) is 0.405. The number of hydrogen-bond donors (Lipinski definition) is 1. The number of benzene rings is 2. The van der Waals surface area contributed by atoms with E-state index >= 15 is 0 Å². The lowest BCUT2D eigenvalue weighted by Gasteiger charge is -2.32. The summed E-state index contributed by atoms with van der Waals surface area (Å²) in [4.78, 5) is 19.9. The normalized spacial score (nSPS) is 18.0. The van der Waals surface area contributed by atoms with Crippen molar-refractivity contribution >= 4 is 5.91 Å². The van der Waals surface area contributed by atoms with Crippen LogP contribution < -0.4 is 5.32 Å². The highest BCUT2D eigenvalue weighted by molar-refractivity contribution is 5.76. The molecular formula is C30H38N4O2. The Balaban J connectivity index is 1.11. The van der Waals surface area contributed by atoms with E-state index in [-0.39, 0.29) is 11.9 Å². The number of carbonyl (C=O) groups is 1. The van der Waals surface area contributed by atoms with E-state index in [2.05, 4.69) is 70.8 Å². The van der Waals surface area contributed by atoms with Crippen molar-refractivity contribution in [3.8, 4) is 0 Å². The molecule has 0 spiro atoms. The van der Waals surface area contributed by atoms with Gasteiger partial charge in [0.25, 0.3) is 0 Å². The topological polar surface area (TPSA) is 71.3 Å². The molecule has 1 N–H and O–H groups in total. The van der Waals surface area contributed by atoms with Gasteiger partial charge in [-0.05, 0) is 69.2 Å². The summed E-state index contributed by atoms with van der Waals surface area (Å²) < 4.78 is 5.65. The van der Waals surface area contributed by atoms with E-state index < -0.39 is 0 Å². The van der Waals surface area contributed by atoms with Gasteiger partial charge in [-0.2, -0.15) is 4.98 Å². The van der Waals surface area contributed by atoms with Gasteiger partial charge in [-0.15, -0.1) is 0 Å². The van der Waals surface area contributed by atoms with Crippen molar-refractivity contribution in [3.63, 3.8) is 0 Å². The maximum atomic E-state index is 12.7. The number of amides is 1. The average Bonchev–Trinajstić information content (AvgIpc) is 3.35. The average molecular weight is 487 g/mol. The van der Waals surface area contributed by atoms with Crippen molar-refractivity contribution in [2.24, 2.45) is 5.92 Å². The highest BCUT2D eigenvalue weighted by atomic mass is 16.5. The van der Waals surface area contributed by atoms with Crippen molar-refractivity contribution in [1.29, 1.82) is 0 Å². The third-order valence-electron chi connectivity index (χ3n) is 7.87. The van der Waals surface area contributed by atoms with Crippen molar-refractivity contribution in [3.05, 3.63) is 83.0 Å². The van der Waals surface area contributed by atoms with Gasteiger partial charge in [-0.25, -0.2) is 0 Å². The standard InChI is InChI=1S/C30H38N4O2/c1-22-10-12-24(13-11-22)20-28-32-30(36-33-28)26-14-17-34(18-15-26)19-16-27(25-8-3-2-4-9-25)31-29(35)21-23-6-5-7-23/h2-4,8-13,23,26-27H,5-7,14-21H2,1H3,(H,31,35)/t27-/m0/s1. The van der Waals surface area contributed by atoms with Crippen LogP contribution in [0.2, 0.25) is 0 Å². The van der Waals surface area contributed by atoms with Gasteiger partial charge in [0.15, 0.2) is 5.82 Å². The minimum absolute atomic E-state index is 0.0665. The Morgan fingerprint density at radius 2 is 1.81 bits per heavy atom. The number of likely N-dealkylation sites (tertiary alicyclic amines) is 1. The van der Waals surface area contributed by atoms with Crippen LogP contribution >= 0.6 is 0 Å². The molecule has 2 aromatic carbocycles. The van der Waals surface area contributed by atoms with E-state index in [1.807, 2.05) is 6.07 Å². The molecule has 5 rings (SSSR count). The van der Waals surface area contributed by atoms with Crippen LogP contribution in [0.15, 0.2) is 59.1 Å². The Bertz CT molecular complexity index is 1100. The maximum Gasteiger partial charge on any atom is 0.229 e. The molecule has 0 unspecified atom stereocenters. The van der Waals surface area contributed by atoms with Crippen LogP contribution in [0.5, 0.6) is 0 Å². The van der Waals surface area contributed by atoms with Crippen LogP contribution in [0, 0.1) is 12.8 Å². The van der Waals surface area contributed by atoms with Crippen molar-refractivity contribution in [2.45, 2.75) is 70.3 Å². The van der Waals surface area contributed by atoms with E-state index in [1.165, 1.54) is 36.0 Å². The SMILES string of the molecule is Cc1ccc(Cc2noc(C3CCN(CC[C@H](NC(=O)CC4CCC4)c4ccccc4)CC3)n2)cc1. The molecule has 1 saturated carbocycles. The molecule has 36 heavy (non-hydrogen) atoms. The van der Waals surface area contributed by atoms with Crippen LogP contribution in [-0.2, 0) is 11.2 Å². The molecule has 190 valence electrons. The number of carbonyl (C=O) groups excluding carboxylic acids is 1. The highest BCUT2D eigenvalue weighted by Crippen LogP contribution is 2.30. The zero-order chi connectivity index (χ0) is 24.7. The summed E-state index contributed by atoms with van der Waals surface area (Å²) in [5.74, 6) is 2.65. The molecule has 2 aliphatic rings. The second-order valence-corrected chi connectivity index (χ2v) is 10.6. The molecule has 6 nitrogen and oxygen atoms in total. The number of nitrogens with zero attached hydrogens (tertiary/aromatic N) is 3. The summed E-state index contributed by atoms with van der Waals surface area (Å²) in [5, 5.41) is 7.57. The predicted molar refractivity (Wildman–Crippen MR) is 141 cm³/mol. The van der Waals surface area contributed by atoms with Crippen molar-refractivity contribution in [2.75, 3.05) is 19.6 Å². The molecule has 1 saturated heterocycles. The lowest BCUT2D eigenvalue weighted by Crippen LogP contribution is -2.37. The molecule has 0 radical (unpaired) electrons. The van der Waals surface area contributed by atoms with Gasteiger partial charge >= 0.3 is 0 Å². The summed E-state index contributed by atoms with van der Waals surface area (Å²) in [6.07, 6.45) is 8.02. The van der Waals surface area contributed by atoms with Crippen LogP contribution in [0.1, 0.15) is 85.3 Å². The summed E-state index contributed by atoms with van der Waals surface area (Å²) in [6, 6.07) is 19.0. The lowest BCUT2D eigenvalue weighted by molar-refractivity contribution is -0.123. The molecule has 1 atom stereocenters. The Kier molecular flexibility index (Phi) is 8.11. The third kappa shape index (κ3) is 6.61. The van der Waals surface area contributed by atoms with Crippen LogP contribution in [0.4, 0.5) is 0 Å². The fourth-order valence-electron chi connectivity index (χ4n) is 5.33. The van der Waals surface area contributed by atoms with Gasteiger partial charge in [0.2, 0.25) is 11.8 Å². The molecule has 1 aromatic heterocycles. The lowest BCUT2D eigenvalue weighted by atomic mass is 9.83. The molecule has 1 amide bonds. The number of rotatable bonds is 10. The minimum atomic E-state index is 0.0665. The maximum absolute atomic E-state index is 12.7. The van der Waals surface area contributed by atoms with Gasteiger partial charge < -0.3 is 14.7 Å². The van der Waals surface area contributed by atoms with Gasteiger partial charge in [-0.1, -0.05) is 71.7 Å². The molecule has 2 fully saturated rings. The molecule has 3 aromatic rings. The highest BCUT2D eigenvalue weighted by Gasteiger charge is 2.27. The van der Waals surface area contributed by atoms with Crippen molar-refractivity contribution < 1.29 is 9.32 Å². The van der Waals surface area contributed by atoms with Crippen LogP contribution in [0.25, 0.3) is 0 Å². The van der Waals surface area contributed by atoms with Gasteiger partial charge in [-0.3, -0.25) is 4.79 Å². The molecule has 1 aliphatic heterocycles. The first kappa shape index (κ1) is 24.7. The minimum Gasteiger partial charge on any atom is -0.349 e. The van der Waals surface area contributed by atoms with Gasteiger partial charge in [0, 0.05) is 25.3 Å². The Hall–Kier alpha value is -2.99. The van der Waals surface area contributed by atoms with Crippen LogP contribution in [-0.4, -0.2) is 40.6 Å². The fraction of sp³-hybridized carbons (Fsp3) is 0.500. The van der Waals surface area contributed by atoms with Crippen LogP contribution in [0.3, 0.4) is 0 Å². The van der Waals surface area contributed by atoms with Crippen molar-refractivity contribution in [1.82, 2.24) is 20.4 Å². The number of nitrogens with one attached hydrogen (secondary N) is 1. The Morgan fingerprint density at radius 1 is 1.06 bits per heavy atom. The molecule has 0 bridgehead atoms. The van der Waals surface area contributed by atoms with E-state index in [0.717, 1.165) is 50.6 Å². The van der Waals surface area contributed by atoms with Gasteiger partial charge in [0.05, 0.1) is 6.04 Å². The second-order valence-electron chi connectivity index (χ2n) is 10.6. The van der Waals surface area contributed by atoms with E-state index in [9.17, 15) is 4.79 Å². The summed E-state index contributed by atoms with van der Waals surface area (Å²) in [6.45, 7) is 5.09. The Morgan fingerprint density at radius 3 is 2.50 bits per heavy atom. The fourth-order valence-corrected chi connectivity index (χ4v) is 5.33. The zero-order valence-corrected chi connectivity index (χ0v) is 21.4. The molecule has 1 aliphatic carbocycles. The number of aromatic nitrogens is 2. The smallest absolute Gasteiger partial charge is 0.229 e. The monoisotopic (exact) mass is 486 g/mol. The third-order valence-corrected chi connectivity index (χ3v) is 7.87. The number of piperidine rings is 1. The first-order valence-electron chi connectivity index (χ1n) is 13.6. The Labute approximate surface area is 214 Å². The first-order chi connectivity index (χ1) is 17.6. The largest absolute Gasteiger partial charge is 0.349 e. The summed E-state index contributed by atoms with van der Waals surface area (Å²) >= 11 is 0. The number of aryl methyl sites for hydroxylation is 1. The summed E-state index contributed by atoms with van der Waals surface area (Å²) in [5.41, 5.74) is 3.65. The molecule has 2 heterocycles. The molecule has 6 heteroatoms. The van der Waals surface area contributed by atoms with E-state index in [0.29, 0.717) is 24.7 Å². The van der Waals surface area contributed by atoms with E-state index in [1.54, 1.807) is 0 Å². The van der Waals surface area contributed by atoms with Gasteiger partial charge in [0.1, 0.15) is 0 Å². The second kappa shape index (κ2) is 11.8. The predicted octanol–water partition coefficient (Wildman–Crippen LogP) is 5.59. The van der Waals surface area contributed by atoms with E-state index in [4.69, 9.17) is 9.51 Å². The zero-order valence-electron chi connectivity index (χ0n) is 21.4. The number of hydrogen-bond acceptors (Lipinski definition) is 5. The molecular weight excluding hydrogens is 448 g/mol.